The van der Waals surface area contributed by atoms with Gasteiger partial charge >= 0.3 is 5.97 Å². The van der Waals surface area contributed by atoms with Gasteiger partial charge in [0.1, 0.15) is 11.5 Å². The molecule has 1 aromatic carbocycles. The number of carboxylic acid groups (broad SMARTS) is 1. The zero-order chi connectivity index (χ0) is 14.2. The van der Waals surface area contributed by atoms with E-state index in [4.69, 9.17) is 5.11 Å². The third kappa shape index (κ3) is 2.10. The van der Waals surface area contributed by atoms with Crippen molar-refractivity contribution in [3.05, 3.63) is 23.3 Å². The minimum atomic E-state index is -1.03. The first-order chi connectivity index (χ1) is 8.93. The molecule has 0 radical (unpaired) electrons. The number of aliphatic carboxylic acids is 1. The molecule has 0 spiro atoms. The molecular formula is C12H11NO6. The SMILES string of the molecule is O=C(O)CCCN1C(=O)c2c(O)ccc(O)c2C1=O. The van der Waals surface area contributed by atoms with Gasteiger partial charge in [0, 0.05) is 13.0 Å². The average molecular weight is 265 g/mol. The Bertz CT molecular complexity index is 539. The van der Waals surface area contributed by atoms with Gasteiger partial charge in [0.15, 0.2) is 0 Å². The molecule has 1 aliphatic heterocycles. The topological polar surface area (TPSA) is 115 Å². The molecule has 0 aromatic heterocycles. The number of carbonyl (C=O) groups excluding carboxylic acids is 2. The summed E-state index contributed by atoms with van der Waals surface area (Å²) in [6.07, 6.45) is -0.0618. The molecular weight excluding hydrogens is 254 g/mol. The molecule has 0 saturated heterocycles. The zero-order valence-electron chi connectivity index (χ0n) is 9.79. The molecule has 0 fully saturated rings. The predicted octanol–water partition coefficient (Wildman–Crippen LogP) is 0.559. The maximum atomic E-state index is 11.9. The van der Waals surface area contributed by atoms with E-state index in [2.05, 4.69) is 0 Å². The number of amides is 2. The lowest BCUT2D eigenvalue weighted by atomic mass is 10.1. The van der Waals surface area contributed by atoms with Gasteiger partial charge in [-0.15, -0.1) is 0 Å². The summed E-state index contributed by atoms with van der Waals surface area (Å²) in [5.74, 6) is -3.24. The summed E-state index contributed by atoms with van der Waals surface area (Å²) in [4.78, 5) is 35.1. The fourth-order valence-corrected chi connectivity index (χ4v) is 1.97. The van der Waals surface area contributed by atoms with E-state index < -0.39 is 17.8 Å². The molecule has 19 heavy (non-hydrogen) atoms. The van der Waals surface area contributed by atoms with Gasteiger partial charge in [0.05, 0.1) is 11.1 Å². The number of rotatable bonds is 4. The molecule has 0 atom stereocenters. The van der Waals surface area contributed by atoms with E-state index in [0.717, 1.165) is 17.0 Å². The maximum absolute atomic E-state index is 11.9. The molecule has 7 nitrogen and oxygen atoms in total. The van der Waals surface area contributed by atoms with Crippen molar-refractivity contribution >= 4 is 17.8 Å². The Morgan fingerprint density at radius 2 is 1.53 bits per heavy atom. The Hall–Kier alpha value is -2.57. The first-order valence-corrected chi connectivity index (χ1v) is 5.56. The highest BCUT2D eigenvalue weighted by atomic mass is 16.4. The van der Waals surface area contributed by atoms with Crippen molar-refractivity contribution < 1.29 is 29.7 Å². The quantitative estimate of drug-likeness (QED) is 0.541. The van der Waals surface area contributed by atoms with Crippen LogP contribution < -0.4 is 0 Å². The van der Waals surface area contributed by atoms with Crippen molar-refractivity contribution in [3.63, 3.8) is 0 Å². The summed E-state index contributed by atoms with van der Waals surface area (Å²) in [5.41, 5.74) is -0.472. The van der Waals surface area contributed by atoms with E-state index in [0.29, 0.717) is 0 Å². The van der Waals surface area contributed by atoms with E-state index in [1.807, 2.05) is 0 Å². The second kappa shape index (κ2) is 4.60. The fourth-order valence-electron chi connectivity index (χ4n) is 1.97. The van der Waals surface area contributed by atoms with Crippen molar-refractivity contribution in [2.24, 2.45) is 0 Å². The van der Waals surface area contributed by atoms with Gasteiger partial charge in [0.2, 0.25) is 0 Å². The van der Waals surface area contributed by atoms with Gasteiger partial charge in [0.25, 0.3) is 11.8 Å². The first-order valence-electron chi connectivity index (χ1n) is 5.56. The van der Waals surface area contributed by atoms with E-state index in [1.165, 1.54) is 0 Å². The lowest BCUT2D eigenvalue weighted by molar-refractivity contribution is -0.137. The molecule has 0 saturated carbocycles. The minimum Gasteiger partial charge on any atom is -0.507 e. The van der Waals surface area contributed by atoms with Gasteiger partial charge in [-0.05, 0) is 18.6 Å². The number of nitrogens with zero attached hydrogens (tertiary/aromatic N) is 1. The molecule has 100 valence electrons. The molecule has 0 aliphatic carbocycles. The number of carbonyl (C=O) groups is 3. The van der Waals surface area contributed by atoms with Crippen LogP contribution in [0.3, 0.4) is 0 Å². The van der Waals surface area contributed by atoms with Crippen molar-refractivity contribution in [1.82, 2.24) is 4.90 Å². The Kier molecular flexibility index (Phi) is 3.12. The Balaban J connectivity index is 2.27. The van der Waals surface area contributed by atoms with Crippen LogP contribution in [0.4, 0.5) is 0 Å². The summed E-state index contributed by atoms with van der Waals surface area (Å²) in [7, 11) is 0. The van der Waals surface area contributed by atoms with E-state index in [1.54, 1.807) is 0 Å². The van der Waals surface area contributed by atoms with Crippen molar-refractivity contribution in [3.8, 4) is 11.5 Å². The number of imide groups is 1. The largest absolute Gasteiger partial charge is 0.507 e. The van der Waals surface area contributed by atoms with Crippen LogP contribution in [0.15, 0.2) is 12.1 Å². The number of benzene rings is 1. The van der Waals surface area contributed by atoms with Gasteiger partial charge in [-0.2, -0.15) is 0 Å². The van der Waals surface area contributed by atoms with Gasteiger partial charge < -0.3 is 15.3 Å². The lowest BCUT2D eigenvalue weighted by Crippen LogP contribution is -2.31. The molecule has 1 heterocycles. The van der Waals surface area contributed by atoms with Crippen LogP contribution in [0.25, 0.3) is 0 Å². The standard InChI is InChI=1S/C12H11NO6/c14-6-3-4-7(15)10-9(6)11(18)13(12(10)19)5-1-2-8(16)17/h3-4,14-15H,1-2,5H2,(H,16,17). The first kappa shape index (κ1) is 12.9. The number of aromatic hydroxyl groups is 2. The smallest absolute Gasteiger partial charge is 0.303 e. The van der Waals surface area contributed by atoms with Crippen LogP contribution in [-0.2, 0) is 4.79 Å². The van der Waals surface area contributed by atoms with Crippen LogP contribution >= 0.6 is 0 Å². The van der Waals surface area contributed by atoms with Crippen molar-refractivity contribution in [1.29, 1.82) is 0 Å². The van der Waals surface area contributed by atoms with Crippen LogP contribution in [0, 0.1) is 0 Å². The normalized spacial score (nSPS) is 13.8. The second-order valence-corrected chi connectivity index (χ2v) is 4.11. The van der Waals surface area contributed by atoms with E-state index in [9.17, 15) is 24.6 Å². The summed E-state index contributed by atoms with van der Waals surface area (Å²) in [5, 5.41) is 27.7. The maximum Gasteiger partial charge on any atom is 0.303 e. The highest BCUT2D eigenvalue weighted by Gasteiger charge is 2.39. The summed E-state index contributed by atoms with van der Waals surface area (Å²) in [6.45, 7) is -0.0719. The molecule has 3 N–H and O–H groups in total. The Morgan fingerprint density at radius 1 is 1.05 bits per heavy atom. The summed E-state index contributed by atoms with van der Waals surface area (Å²) in [6, 6.07) is 2.25. The molecule has 0 unspecified atom stereocenters. The summed E-state index contributed by atoms with van der Waals surface area (Å²) >= 11 is 0. The molecule has 1 aliphatic rings. The number of hydrogen-bond acceptors (Lipinski definition) is 5. The number of fused-ring (bicyclic) bond motifs is 1. The molecule has 7 heteroatoms. The van der Waals surface area contributed by atoms with Crippen LogP contribution in [0.5, 0.6) is 11.5 Å². The van der Waals surface area contributed by atoms with Gasteiger partial charge in [-0.25, -0.2) is 0 Å². The zero-order valence-corrected chi connectivity index (χ0v) is 9.79. The fraction of sp³-hybridized carbons (Fsp3) is 0.250. The number of phenols is 2. The van der Waals surface area contributed by atoms with E-state index in [-0.39, 0.29) is 42.0 Å². The highest BCUT2D eigenvalue weighted by Crippen LogP contribution is 2.35. The lowest BCUT2D eigenvalue weighted by Gasteiger charge is -2.12. The average Bonchev–Trinajstić information content (AvgIpc) is 2.59. The van der Waals surface area contributed by atoms with Crippen LogP contribution in [0.2, 0.25) is 0 Å². The second-order valence-electron chi connectivity index (χ2n) is 4.11. The Morgan fingerprint density at radius 3 is 1.95 bits per heavy atom. The number of hydrogen-bond donors (Lipinski definition) is 3. The van der Waals surface area contributed by atoms with E-state index >= 15 is 0 Å². The van der Waals surface area contributed by atoms with Gasteiger partial charge in [-0.1, -0.05) is 0 Å². The van der Waals surface area contributed by atoms with Crippen molar-refractivity contribution in [2.75, 3.05) is 6.54 Å². The molecule has 0 bridgehead atoms. The van der Waals surface area contributed by atoms with Gasteiger partial charge in [-0.3, -0.25) is 19.3 Å². The third-order valence-electron chi connectivity index (χ3n) is 2.85. The monoisotopic (exact) mass is 265 g/mol. The van der Waals surface area contributed by atoms with Crippen LogP contribution in [0.1, 0.15) is 33.6 Å². The Labute approximate surface area is 107 Å². The molecule has 2 rings (SSSR count). The minimum absolute atomic E-state index is 0.0719. The third-order valence-corrected chi connectivity index (χ3v) is 2.85. The molecule has 2 amide bonds. The predicted molar refractivity (Wildman–Crippen MR) is 62.0 cm³/mol. The number of phenolic OH excluding ortho intramolecular Hbond substituents is 2. The summed E-state index contributed by atoms with van der Waals surface area (Å²) < 4.78 is 0. The molecule has 1 aromatic rings. The number of carboxylic acids is 1. The highest BCUT2D eigenvalue weighted by molar-refractivity contribution is 6.23. The van der Waals surface area contributed by atoms with Crippen LogP contribution in [-0.4, -0.2) is 44.5 Å². The van der Waals surface area contributed by atoms with Crippen molar-refractivity contribution in [2.45, 2.75) is 12.8 Å².